The van der Waals surface area contributed by atoms with Gasteiger partial charge in [0, 0.05) is 5.02 Å². The Balaban J connectivity index is 3.32. The van der Waals surface area contributed by atoms with Crippen LogP contribution < -0.4 is 9.46 Å². The number of hydrogen-bond acceptors (Lipinski definition) is 5. The van der Waals surface area contributed by atoms with E-state index in [9.17, 15) is 13.2 Å². The van der Waals surface area contributed by atoms with Gasteiger partial charge in [0.2, 0.25) is 10.0 Å². The number of aliphatic hydroxyl groups excluding tert-OH is 1. The Hall–Kier alpha value is -0.870. The normalized spacial score (nSPS) is 13.0. The number of aliphatic carboxylic acids is 1. The summed E-state index contributed by atoms with van der Waals surface area (Å²) in [5, 5.41) is 17.8. The van der Waals surface area contributed by atoms with E-state index >= 15 is 0 Å². The minimum atomic E-state index is -4.23. The summed E-state index contributed by atoms with van der Waals surface area (Å²) in [4.78, 5) is 10.4. The molecule has 0 saturated heterocycles. The molecule has 0 amide bonds. The number of benzene rings is 1. The number of ether oxygens (including phenoxy) is 1. The molecule has 0 heterocycles. The number of carboxylic acids is 1. The average molecular weight is 389 g/mol. The molecule has 0 spiro atoms. The fourth-order valence-corrected chi connectivity index (χ4v) is 3.92. The highest BCUT2D eigenvalue weighted by Gasteiger charge is 2.28. The van der Waals surface area contributed by atoms with E-state index in [2.05, 4.69) is 15.9 Å². The molecule has 20 heavy (non-hydrogen) atoms. The molecule has 1 aromatic rings. The van der Waals surface area contributed by atoms with Gasteiger partial charge in [-0.15, -0.1) is 0 Å². The first kappa shape index (κ1) is 17.2. The number of rotatable bonds is 6. The van der Waals surface area contributed by atoms with Crippen molar-refractivity contribution in [3.63, 3.8) is 0 Å². The van der Waals surface area contributed by atoms with Crippen molar-refractivity contribution in [2.24, 2.45) is 0 Å². The van der Waals surface area contributed by atoms with Crippen LogP contribution in [0.25, 0.3) is 0 Å². The van der Waals surface area contributed by atoms with Crippen molar-refractivity contribution in [1.29, 1.82) is 0 Å². The highest BCUT2D eigenvalue weighted by molar-refractivity contribution is 9.10. The number of carbonyl (C=O) groups is 1. The van der Waals surface area contributed by atoms with Crippen molar-refractivity contribution in [3.05, 3.63) is 21.6 Å². The smallest absolute Gasteiger partial charge is 0.324 e. The van der Waals surface area contributed by atoms with Crippen LogP contribution in [0.5, 0.6) is 5.75 Å². The molecule has 3 N–H and O–H groups in total. The number of methoxy groups -OCH3 is 1. The van der Waals surface area contributed by atoms with E-state index in [4.69, 9.17) is 26.6 Å². The molecule has 7 nitrogen and oxygen atoms in total. The number of aliphatic hydroxyl groups is 1. The molecule has 0 aromatic heterocycles. The van der Waals surface area contributed by atoms with Crippen molar-refractivity contribution < 1.29 is 28.2 Å². The molecule has 0 bridgehead atoms. The lowest BCUT2D eigenvalue weighted by Crippen LogP contribution is -2.43. The molecule has 0 saturated carbocycles. The van der Waals surface area contributed by atoms with Gasteiger partial charge in [0.1, 0.15) is 10.9 Å². The summed E-state index contributed by atoms with van der Waals surface area (Å²) in [6, 6.07) is 0.881. The van der Waals surface area contributed by atoms with E-state index in [0.29, 0.717) is 4.47 Å². The van der Waals surface area contributed by atoms with Gasteiger partial charge in [-0.2, -0.15) is 4.72 Å². The number of sulfonamides is 1. The van der Waals surface area contributed by atoms with Crippen molar-refractivity contribution in [3.8, 4) is 5.75 Å². The van der Waals surface area contributed by atoms with Crippen LogP contribution in [-0.4, -0.2) is 44.4 Å². The molecule has 0 aliphatic heterocycles. The van der Waals surface area contributed by atoms with Gasteiger partial charge in [-0.25, -0.2) is 8.42 Å². The Morgan fingerprint density at radius 2 is 2.15 bits per heavy atom. The largest absolute Gasteiger partial charge is 0.494 e. The molecule has 0 aliphatic carbocycles. The van der Waals surface area contributed by atoms with Crippen molar-refractivity contribution in [2.75, 3.05) is 13.7 Å². The third-order valence-electron chi connectivity index (χ3n) is 2.25. The lowest BCUT2D eigenvalue weighted by Gasteiger charge is -2.15. The summed E-state index contributed by atoms with van der Waals surface area (Å²) in [6.07, 6.45) is 0. The first-order valence-electron chi connectivity index (χ1n) is 5.12. The highest BCUT2D eigenvalue weighted by Crippen LogP contribution is 2.35. The Morgan fingerprint density at radius 3 is 2.60 bits per heavy atom. The number of carboxylic acid groups (broad SMARTS) is 1. The van der Waals surface area contributed by atoms with Gasteiger partial charge in [-0.1, -0.05) is 11.6 Å². The predicted molar refractivity (Wildman–Crippen MR) is 74.5 cm³/mol. The first-order chi connectivity index (χ1) is 9.22. The monoisotopic (exact) mass is 387 g/mol. The zero-order valence-electron chi connectivity index (χ0n) is 10.1. The maximum Gasteiger partial charge on any atom is 0.324 e. The van der Waals surface area contributed by atoms with E-state index in [1.54, 1.807) is 0 Å². The lowest BCUT2D eigenvalue weighted by molar-refractivity contribution is -0.139. The summed E-state index contributed by atoms with van der Waals surface area (Å²) in [5.41, 5.74) is 0. The fraction of sp³-hybridized carbons (Fsp3) is 0.300. The topological polar surface area (TPSA) is 113 Å². The molecule has 1 rings (SSSR count). The number of hydrogen-bond donors (Lipinski definition) is 3. The van der Waals surface area contributed by atoms with Gasteiger partial charge in [-0.05, 0) is 28.1 Å². The molecule has 0 aliphatic rings. The van der Waals surface area contributed by atoms with Gasteiger partial charge < -0.3 is 14.9 Å². The van der Waals surface area contributed by atoms with Gasteiger partial charge in [0.05, 0.1) is 18.2 Å². The molecular weight excluding hydrogens is 378 g/mol. The number of halogens is 2. The Morgan fingerprint density at radius 1 is 1.55 bits per heavy atom. The number of nitrogens with one attached hydrogen (secondary N) is 1. The van der Waals surface area contributed by atoms with Gasteiger partial charge in [0.15, 0.2) is 5.75 Å². The van der Waals surface area contributed by atoms with Crippen LogP contribution in [0.3, 0.4) is 0 Å². The molecule has 112 valence electrons. The van der Waals surface area contributed by atoms with Crippen LogP contribution in [-0.2, 0) is 14.8 Å². The third-order valence-corrected chi connectivity index (χ3v) is 4.53. The molecule has 10 heteroatoms. The van der Waals surface area contributed by atoms with Crippen molar-refractivity contribution in [2.45, 2.75) is 10.9 Å². The van der Waals surface area contributed by atoms with E-state index in [-0.39, 0.29) is 15.7 Å². The molecular formula is C10H11BrClNO6S. The maximum absolute atomic E-state index is 12.1. The van der Waals surface area contributed by atoms with Gasteiger partial charge in [-0.3, -0.25) is 4.79 Å². The van der Waals surface area contributed by atoms with Crippen molar-refractivity contribution in [1.82, 2.24) is 4.72 Å². The van der Waals surface area contributed by atoms with Crippen LogP contribution >= 0.6 is 27.5 Å². The van der Waals surface area contributed by atoms with E-state index in [0.717, 1.165) is 6.07 Å². The van der Waals surface area contributed by atoms with Crippen LogP contribution in [0.1, 0.15) is 0 Å². The lowest BCUT2D eigenvalue weighted by atomic mass is 10.3. The minimum Gasteiger partial charge on any atom is -0.494 e. The third kappa shape index (κ3) is 3.83. The molecule has 1 aromatic carbocycles. The zero-order chi connectivity index (χ0) is 15.5. The Labute approximate surface area is 128 Å². The Kier molecular flexibility index (Phi) is 5.78. The van der Waals surface area contributed by atoms with Crippen LogP contribution in [0.15, 0.2) is 21.5 Å². The molecule has 0 radical (unpaired) electrons. The zero-order valence-corrected chi connectivity index (χ0v) is 13.3. The molecule has 1 unspecified atom stereocenters. The van der Waals surface area contributed by atoms with Crippen molar-refractivity contribution >= 4 is 43.5 Å². The minimum absolute atomic E-state index is 0.0241. The summed E-state index contributed by atoms with van der Waals surface area (Å²) >= 11 is 8.87. The summed E-state index contributed by atoms with van der Waals surface area (Å²) in [7, 11) is -2.98. The van der Waals surface area contributed by atoms with Gasteiger partial charge in [0.25, 0.3) is 0 Å². The van der Waals surface area contributed by atoms with Gasteiger partial charge >= 0.3 is 5.97 Å². The van der Waals surface area contributed by atoms with E-state index < -0.39 is 28.6 Å². The quantitative estimate of drug-likeness (QED) is 0.665. The second kappa shape index (κ2) is 6.72. The standard InChI is InChI=1S/C10H11BrClNO6S/c1-19-9-6(11)2-5(12)3-8(9)20(17,18)13-7(4-14)10(15)16/h2-3,7,13-14H,4H2,1H3,(H,15,16). The maximum atomic E-state index is 12.1. The summed E-state index contributed by atoms with van der Waals surface area (Å²) in [6.45, 7) is -0.890. The summed E-state index contributed by atoms with van der Waals surface area (Å²) < 4.78 is 31.4. The van der Waals surface area contributed by atoms with E-state index in [1.807, 2.05) is 4.72 Å². The van der Waals surface area contributed by atoms with Crippen LogP contribution in [0, 0.1) is 0 Å². The first-order valence-corrected chi connectivity index (χ1v) is 7.77. The highest BCUT2D eigenvalue weighted by atomic mass is 79.9. The fourth-order valence-electron chi connectivity index (χ4n) is 1.35. The average Bonchev–Trinajstić information content (AvgIpc) is 2.34. The second-order valence-corrected chi connectivity index (χ2v) is 6.59. The predicted octanol–water partition coefficient (Wildman–Crippen LogP) is 0.835. The molecule has 0 fully saturated rings. The van der Waals surface area contributed by atoms with E-state index in [1.165, 1.54) is 13.2 Å². The van der Waals surface area contributed by atoms with Crippen LogP contribution in [0.2, 0.25) is 5.02 Å². The Bertz CT molecular complexity index is 620. The van der Waals surface area contributed by atoms with Crippen LogP contribution in [0.4, 0.5) is 0 Å². The SMILES string of the molecule is COc1c(Br)cc(Cl)cc1S(=O)(=O)NC(CO)C(=O)O. The second-order valence-electron chi connectivity index (χ2n) is 3.61. The molecule has 1 atom stereocenters. The summed E-state index contributed by atoms with van der Waals surface area (Å²) in [5.74, 6) is -1.53.